The molecule has 0 fully saturated rings. The summed E-state index contributed by atoms with van der Waals surface area (Å²) < 4.78 is 2.00. The van der Waals surface area contributed by atoms with Crippen molar-refractivity contribution in [3.8, 4) is 5.75 Å². The number of hydrogen-bond donors (Lipinski definition) is 3. The summed E-state index contributed by atoms with van der Waals surface area (Å²) >= 11 is 9.82. The van der Waals surface area contributed by atoms with Crippen molar-refractivity contribution in [2.24, 2.45) is 0 Å². The molecule has 0 unspecified atom stereocenters. The molecule has 2 rings (SSSR count). The van der Waals surface area contributed by atoms with Gasteiger partial charge in [-0.3, -0.25) is 4.79 Å². The minimum absolute atomic E-state index is 0.000457. The van der Waals surface area contributed by atoms with Gasteiger partial charge in [-0.2, -0.15) is 0 Å². The van der Waals surface area contributed by atoms with Gasteiger partial charge in [0.2, 0.25) is 0 Å². The van der Waals surface area contributed by atoms with Crippen molar-refractivity contribution in [3.63, 3.8) is 0 Å². The summed E-state index contributed by atoms with van der Waals surface area (Å²) in [7, 11) is 0. The van der Waals surface area contributed by atoms with E-state index in [4.69, 9.17) is 5.73 Å². The SMILES string of the molecule is Nc1cc(Br)cc(Br)c1NC(=O)c1ccc(Br)c(O)c1. The second kappa shape index (κ2) is 6.15. The number of halogens is 3. The van der Waals surface area contributed by atoms with E-state index in [0.717, 1.165) is 4.47 Å². The minimum Gasteiger partial charge on any atom is -0.507 e. The van der Waals surface area contributed by atoms with Gasteiger partial charge in [-0.1, -0.05) is 15.9 Å². The van der Waals surface area contributed by atoms with Crippen LogP contribution in [-0.4, -0.2) is 11.0 Å². The van der Waals surface area contributed by atoms with Crippen molar-refractivity contribution in [2.45, 2.75) is 0 Å². The summed E-state index contributed by atoms with van der Waals surface area (Å²) in [5, 5.41) is 12.3. The number of aromatic hydroxyl groups is 1. The molecule has 0 saturated heterocycles. The maximum absolute atomic E-state index is 12.1. The lowest BCUT2D eigenvalue weighted by molar-refractivity contribution is 0.102. The van der Waals surface area contributed by atoms with Crippen LogP contribution in [0.25, 0.3) is 0 Å². The van der Waals surface area contributed by atoms with Gasteiger partial charge in [0.25, 0.3) is 5.91 Å². The molecular weight excluding hydrogens is 456 g/mol. The number of benzene rings is 2. The summed E-state index contributed by atoms with van der Waals surface area (Å²) in [5.74, 6) is -0.358. The van der Waals surface area contributed by atoms with Crippen LogP contribution in [0.3, 0.4) is 0 Å². The van der Waals surface area contributed by atoms with Crippen molar-refractivity contribution in [1.82, 2.24) is 0 Å². The second-order valence-corrected chi connectivity index (χ2v) is 6.60. The van der Waals surface area contributed by atoms with Crippen LogP contribution in [0.2, 0.25) is 0 Å². The Bertz CT molecular complexity index is 666. The van der Waals surface area contributed by atoms with E-state index in [2.05, 4.69) is 53.1 Å². The van der Waals surface area contributed by atoms with Crippen LogP contribution in [-0.2, 0) is 0 Å². The Hall–Kier alpha value is -1.05. The fourth-order valence-corrected chi connectivity index (χ4v) is 3.17. The summed E-state index contributed by atoms with van der Waals surface area (Å²) in [5.41, 5.74) is 7.12. The first kappa shape index (κ1) is 15.3. The Labute approximate surface area is 140 Å². The molecule has 0 aliphatic carbocycles. The van der Waals surface area contributed by atoms with Crippen molar-refractivity contribution >= 4 is 65.1 Å². The number of anilines is 2. The molecule has 104 valence electrons. The van der Waals surface area contributed by atoms with Gasteiger partial charge in [0.15, 0.2) is 0 Å². The highest BCUT2D eigenvalue weighted by molar-refractivity contribution is 9.11. The van der Waals surface area contributed by atoms with Gasteiger partial charge in [0.1, 0.15) is 5.75 Å². The zero-order chi connectivity index (χ0) is 14.9. The molecular formula is C13H9Br3N2O2. The van der Waals surface area contributed by atoms with Crippen molar-refractivity contribution < 1.29 is 9.90 Å². The van der Waals surface area contributed by atoms with Gasteiger partial charge in [-0.25, -0.2) is 0 Å². The molecule has 0 spiro atoms. The maximum atomic E-state index is 12.1. The fourth-order valence-electron chi connectivity index (χ4n) is 1.56. The van der Waals surface area contributed by atoms with Gasteiger partial charge in [-0.15, -0.1) is 0 Å². The Morgan fingerprint density at radius 3 is 2.40 bits per heavy atom. The van der Waals surface area contributed by atoms with Crippen LogP contribution >= 0.6 is 47.8 Å². The monoisotopic (exact) mass is 462 g/mol. The number of phenolic OH excluding ortho intramolecular Hbond substituents is 1. The molecule has 4 nitrogen and oxygen atoms in total. The smallest absolute Gasteiger partial charge is 0.255 e. The van der Waals surface area contributed by atoms with Crippen LogP contribution in [0.4, 0.5) is 11.4 Å². The number of carbonyl (C=O) groups is 1. The summed E-state index contributed by atoms with van der Waals surface area (Å²) in [6.45, 7) is 0. The van der Waals surface area contributed by atoms with Crippen molar-refractivity contribution in [3.05, 3.63) is 49.3 Å². The lowest BCUT2D eigenvalue weighted by Gasteiger charge is -2.11. The van der Waals surface area contributed by atoms with Crippen LogP contribution in [0.15, 0.2) is 43.7 Å². The van der Waals surface area contributed by atoms with Gasteiger partial charge in [-0.05, 0) is 62.2 Å². The Morgan fingerprint density at radius 2 is 1.80 bits per heavy atom. The molecule has 2 aromatic rings. The first-order chi connectivity index (χ1) is 9.38. The number of carbonyl (C=O) groups excluding carboxylic acids is 1. The normalized spacial score (nSPS) is 10.3. The number of nitrogens with one attached hydrogen (secondary N) is 1. The Balaban J connectivity index is 2.30. The van der Waals surface area contributed by atoms with Crippen LogP contribution < -0.4 is 11.1 Å². The number of amides is 1. The predicted octanol–water partition coefficient (Wildman–Crippen LogP) is 4.51. The van der Waals surface area contributed by atoms with Crippen molar-refractivity contribution in [1.29, 1.82) is 0 Å². The number of rotatable bonds is 2. The summed E-state index contributed by atoms with van der Waals surface area (Å²) in [4.78, 5) is 12.1. The molecule has 0 aliphatic heterocycles. The molecule has 1 amide bonds. The quantitative estimate of drug-likeness (QED) is 0.572. The van der Waals surface area contributed by atoms with Crippen LogP contribution in [0, 0.1) is 0 Å². The number of phenols is 1. The predicted molar refractivity (Wildman–Crippen MR) is 90.0 cm³/mol. The first-order valence-corrected chi connectivity index (χ1v) is 7.81. The van der Waals surface area contributed by atoms with E-state index in [0.29, 0.717) is 25.9 Å². The van der Waals surface area contributed by atoms with Gasteiger partial charge in [0.05, 0.1) is 15.8 Å². The average Bonchev–Trinajstić information content (AvgIpc) is 2.36. The molecule has 0 heterocycles. The summed E-state index contributed by atoms with van der Waals surface area (Å²) in [6, 6.07) is 8.05. The molecule has 0 bridgehead atoms. The third-order valence-electron chi connectivity index (χ3n) is 2.53. The largest absolute Gasteiger partial charge is 0.507 e. The first-order valence-electron chi connectivity index (χ1n) is 5.43. The van der Waals surface area contributed by atoms with E-state index >= 15 is 0 Å². The van der Waals surface area contributed by atoms with Crippen LogP contribution in [0.1, 0.15) is 10.4 Å². The van der Waals surface area contributed by atoms with E-state index in [1.807, 2.05) is 0 Å². The molecule has 20 heavy (non-hydrogen) atoms. The number of hydrogen-bond acceptors (Lipinski definition) is 3. The maximum Gasteiger partial charge on any atom is 0.255 e. The third kappa shape index (κ3) is 3.34. The van der Waals surface area contributed by atoms with Gasteiger partial charge < -0.3 is 16.2 Å². The molecule has 0 saturated carbocycles. The lowest BCUT2D eigenvalue weighted by atomic mass is 10.2. The molecule has 7 heteroatoms. The zero-order valence-electron chi connectivity index (χ0n) is 9.95. The fraction of sp³-hybridized carbons (Fsp3) is 0. The Morgan fingerprint density at radius 1 is 1.10 bits per heavy atom. The topological polar surface area (TPSA) is 75.3 Å². The van der Waals surface area contributed by atoms with E-state index < -0.39 is 0 Å². The van der Waals surface area contributed by atoms with E-state index in [1.165, 1.54) is 6.07 Å². The molecule has 0 radical (unpaired) electrons. The number of nitrogen functional groups attached to an aromatic ring is 1. The molecule has 4 N–H and O–H groups in total. The average molecular weight is 465 g/mol. The highest BCUT2D eigenvalue weighted by atomic mass is 79.9. The molecule has 0 atom stereocenters. The van der Waals surface area contributed by atoms with E-state index in [-0.39, 0.29) is 11.7 Å². The molecule has 2 aromatic carbocycles. The highest BCUT2D eigenvalue weighted by Gasteiger charge is 2.13. The molecule has 0 aromatic heterocycles. The standard InChI is InChI=1S/C13H9Br3N2O2/c14-7-4-9(16)12(10(17)5-7)18-13(20)6-1-2-8(15)11(19)3-6/h1-5,19H,17H2,(H,18,20). The third-order valence-corrected chi connectivity index (χ3v) is 4.29. The second-order valence-electron chi connectivity index (χ2n) is 3.97. The zero-order valence-corrected chi connectivity index (χ0v) is 14.7. The lowest BCUT2D eigenvalue weighted by Crippen LogP contribution is -2.13. The van der Waals surface area contributed by atoms with Crippen molar-refractivity contribution in [2.75, 3.05) is 11.1 Å². The number of nitrogens with two attached hydrogens (primary N) is 1. The van der Waals surface area contributed by atoms with Crippen LogP contribution in [0.5, 0.6) is 5.75 Å². The van der Waals surface area contributed by atoms with E-state index in [9.17, 15) is 9.90 Å². The van der Waals surface area contributed by atoms with E-state index in [1.54, 1.807) is 24.3 Å². The minimum atomic E-state index is -0.359. The van der Waals surface area contributed by atoms with Gasteiger partial charge >= 0.3 is 0 Å². The molecule has 0 aliphatic rings. The highest BCUT2D eigenvalue weighted by Crippen LogP contribution is 2.33. The summed E-state index contributed by atoms with van der Waals surface area (Å²) in [6.07, 6.45) is 0. The van der Waals surface area contributed by atoms with Gasteiger partial charge in [0, 0.05) is 14.5 Å². The Kier molecular flexibility index (Phi) is 4.72.